The SMILES string of the molecule is COc1cc(C=O)c(CC(=O)O)c([N+](=O)[O-])c1. The topological polar surface area (TPSA) is 107 Å². The molecule has 0 saturated carbocycles. The maximum absolute atomic E-state index is 10.8. The van der Waals surface area contributed by atoms with Crippen molar-refractivity contribution in [3.63, 3.8) is 0 Å². The third-order valence-corrected chi connectivity index (χ3v) is 2.12. The number of benzene rings is 1. The number of hydrogen-bond acceptors (Lipinski definition) is 5. The Kier molecular flexibility index (Phi) is 3.76. The maximum atomic E-state index is 10.8. The van der Waals surface area contributed by atoms with Crippen molar-refractivity contribution >= 4 is 17.9 Å². The van der Waals surface area contributed by atoms with Gasteiger partial charge in [-0.1, -0.05) is 0 Å². The van der Waals surface area contributed by atoms with E-state index in [0.29, 0.717) is 6.29 Å². The van der Waals surface area contributed by atoms with Crippen LogP contribution in [0.4, 0.5) is 5.69 Å². The summed E-state index contributed by atoms with van der Waals surface area (Å²) in [4.78, 5) is 31.4. The number of nitro groups is 1. The highest BCUT2D eigenvalue weighted by molar-refractivity contribution is 5.84. The molecule has 7 nitrogen and oxygen atoms in total. The number of nitrogens with zero attached hydrogens (tertiary/aromatic N) is 1. The lowest BCUT2D eigenvalue weighted by atomic mass is 10.0. The molecule has 0 radical (unpaired) electrons. The Bertz CT molecular complexity index is 482. The first-order valence-corrected chi connectivity index (χ1v) is 4.52. The normalized spacial score (nSPS) is 9.71. The molecule has 17 heavy (non-hydrogen) atoms. The minimum atomic E-state index is -1.25. The predicted octanol–water partition coefficient (Wildman–Crippen LogP) is 1.04. The highest BCUT2D eigenvalue weighted by Gasteiger charge is 2.21. The van der Waals surface area contributed by atoms with Gasteiger partial charge in [0.25, 0.3) is 5.69 Å². The fourth-order valence-electron chi connectivity index (χ4n) is 1.38. The van der Waals surface area contributed by atoms with Crippen LogP contribution < -0.4 is 4.74 Å². The zero-order valence-electron chi connectivity index (χ0n) is 8.87. The lowest BCUT2D eigenvalue weighted by Crippen LogP contribution is -2.07. The van der Waals surface area contributed by atoms with Gasteiger partial charge in [-0.25, -0.2) is 0 Å². The summed E-state index contributed by atoms with van der Waals surface area (Å²) in [5, 5.41) is 19.4. The van der Waals surface area contributed by atoms with Gasteiger partial charge in [0.05, 0.1) is 30.1 Å². The van der Waals surface area contributed by atoms with Crippen molar-refractivity contribution in [2.75, 3.05) is 7.11 Å². The van der Waals surface area contributed by atoms with Crippen LogP contribution in [0.15, 0.2) is 12.1 Å². The summed E-state index contributed by atoms with van der Waals surface area (Å²) in [7, 11) is 1.30. The molecule has 0 aromatic heterocycles. The number of rotatable bonds is 5. The molecule has 0 saturated heterocycles. The molecule has 0 atom stereocenters. The number of carboxylic acids is 1. The fraction of sp³-hybridized carbons (Fsp3) is 0.200. The molecule has 0 heterocycles. The van der Waals surface area contributed by atoms with E-state index < -0.39 is 23.0 Å². The summed E-state index contributed by atoms with van der Waals surface area (Å²) in [6, 6.07) is 2.35. The van der Waals surface area contributed by atoms with Crippen LogP contribution in [-0.2, 0) is 11.2 Å². The fourth-order valence-corrected chi connectivity index (χ4v) is 1.38. The van der Waals surface area contributed by atoms with Gasteiger partial charge in [0, 0.05) is 5.56 Å². The van der Waals surface area contributed by atoms with E-state index in [-0.39, 0.29) is 16.9 Å². The number of ether oxygens (including phenoxy) is 1. The van der Waals surface area contributed by atoms with E-state index in [1.165, 1.54) is 13.2 Å². The van der Waals surface area contributed by atoms with Crippen LogP contribution in [0.1, 0.15) is 15.9 Å². The molecular formula is C10H9NO6. The maximum Gasteiger partial charge on any atom is 0.308 e. The summed E-state index contributed by atoms with van der Waals surface area (Å²) in [5.41, 5.74) is -0.620. The highest BCUT2D eigenvalue weighted by atomic mass is 16.6. The van der Waals surface area contributed by atoms with Crippen LogP contribution in [0.5, 0.6) is 5.75 Å². The Hall–Kier alpha value is -2.44. The van der Waals surface area contributed by atoms with Crippen molar-refractivity contribution < 1.29 is 24.4 Å². The Morgan fingerprint density at radius 1 is 1.59 bits per heavy atom. The van der Waals surface area contributed by atoms with Gasteiger partial charge in [-0.15, -0.1) is 0 Å². The number of carboxylic acid groups (broad SMARTS) is 1. The Labute approximate surface area is 95.8 Å². The van der Waals surface area contributed by atoms with E-state index in [4.69, 9.17) is 9.84 Å². The van der Waals surface area contributed by atoms with Gasteiger partial charge in [-0.2, -0.15) is 0 Å². The molecule has 0 bridgehead atoms. The molecule has 0 amide bonds. The first-order valence-electron chi connectivity index (χ1n) is 4.52. The number of aldehydes is 1. The summed E-state index contributed by atoms with van der Waals surface area (Å²) >= 11 is 0. The number of nitro benzene ring substituents is 1. The predicted molar refractivity (Wildman–Crippen MR) is 56.4 cm³/mol. The van der Waals surface area contributed by atoms with Crippen LogP contribution >= 0.6 is 0 Å². The average Bonchev–Trinajstić information content (AvgIpc) is 2.28. The van der Waals surface area contributed by atoms with Crippen LogP contribution in [0, 0.1) is 10.1 Å². The highest BCUT2D eigenvalue weighted by Crippen LogP contribution is 2.28. The van der Waals surface area contributed by atoms with Crippen LogP contribution in [0.2, 0.25) is 0 Å². The van der Waals surface area contributed by atoms with E-state index in [9.17, 15) is 19.7 Å². The van der Waals surface area contributed by atoms with E-state index in [1.807, 2.05) is 0 Å². The van der Waals surface area contributed by atoms with E-state index in [0.717, 1.165) is 6.07 Å². The molecule has 0 aliphatic rings. The number of aliphatic carboxylic acids is 1. The van der Waals surface area contributed by atoms with Crippen LogP contribution in [0.25, 0.3) is 0 Å². The molecular weight excluding hydrogens is 230 g/mol. The largest absolute Gasteiger partial charge is 0.496 e. The molecule has 0 aliphatic carbocycles. The third kappa shape index (κ3) is 2.77. The second kappa shape index (κ2) is 5.06. The minimum absolute atomic E-state index is 0.0570. The number of carbonyl (C=O) groups is 2. The summed E-state index contributed by atoms with van der Waals surface area (Å²) in [6.07, 6.45) is -0.220. The van der Waals surface area contributed by atoms with Crippen LogP contribution in [0.3, 0.4) is 0 Å². The molecule has 1 rings (SSSR count). The lowest BCUT2D eigenvalue weighted by Gasteiger charge is -2.06. The zero-order chi connectivity index (χ0) is 13.0. The van der Waals surface area contributed by atoms with Crippen molar-refractivity contribution in [1.29, 1.82) is 0 Å². The summed E-state index contributed by atoms with van der Waals surface area (Å²) in [6.45, 7) is 0. The van der Waals surface area contributed by atoms with Gasteiger partial charge in [-0.05, 0) is 6.07 Å². The van der Waals surface area contributed by atoms with Crippen molar-refractivity contribution in [2.45, 2.75) is 6.42 Å². The molecule has 0 spiro atoms. The summed E-state index contributed by atoms with van der Waals surface area (Å²) in [5.74, 6) is -1.12. The first-order chi connectivity index (χ1) is 7.99. The molecule has 0 fully saturated rings. The Morgan fingerprint density at radius 2 is 2.24 bits per heavy atom. The first kappa shape index (κ1) is 12.6. The smallest absolute Gasteiger partial charge is 0.308 e. The Balaban J connectivity index is 3.45. The molecule has 7 heteroatoms. The Morgan fingerprint density at radius 3 is 2.65 bits per heavy atom. The van der Waals surface area contributed by atoms with Gasteiger partial charge < -0.3 is 9.84 Å². The van der Waals surface area contributed by atoms with E-state index >= 15 is 0 Å². The van der Waals surface area contributed by atoms with Crippen molar-refractivity contribution in [3.05, 3.63) is 33.4 Å². The van der Waals surface area contributed by atoms with E-state index in [2.05, 4.69) is 0 Å². The zero-order valence-corrected chi connectivity index (χ0v) is 8.87. The van der Waals surface area contributed by atoms with Gasteiger partial charge in [0.2, 0.25) is 0 Å². The summed E-state index contributed by atoms with van der Waals surface area (Å²) < 4.78 is 4.80. The molecule has 0 unspecified atom stereocenters. The van der Waals surface area contributed by atoms with Crippen LogP contribution in [-0.4, -0.2) is 29.4 Å². The number of carbonyl (C=O) groups excluding carboxylic acids is 1. The standard InChI is InChI=1S/C10H9NO6/c1-17-7-2-6(5-12)8(4-10(13)14)9(3-7)11(15)16/h2-3,5H,4H2,1H3,(H,13,14). The molecule has 1 aromatic rings. The second-order valence-electron chi connectivity index (χ2n) is 3.16. The van der Waals surface area contributed by atoms with Gasteiger partial charge in [0.1, 0.15) is 5.75 Å². The van der Waals surface area contributed by atoms with Crippen molar-refractivity contribution in [3.8, 4) is 5.75 Å². The molecule has 0 aliphatic heterocycles. The number of methoxy groups -OCH3 is 1. The molecule has 1 N–H and O–H groups in total. The monoisotopic (exact) mass is 239 g/mol. The second-order valence-corrected chi connectivity index (χ2v) is 3.16. The van der Waals surface area contributed by atoms with E-state index in [1.54, 1.807) is 0 Å². The molecule has 1 aromatic carbocycles. The lowest BCUT2D eigenvalue weighted by molar-refractivity contribution is -0.385. The van der Waals surface area contributed by atoms with Gasteiger partial charge >= 0.3 is 5.97 Å². The third-order valence-electron chi connectivity index (χ3n) is 2.12. The molecule has 90 valence electrons. The average molecular weight is 239 g/mol. The number of hydrogen-bond donors (Lipinski definition) is 1. The quantitative estimate of drug-likeness (QED) is 0.467. The van der Waals surface area contributed by atoms with Crippen molar-refractivity contribution in [2.24, 2.45) is 0 Å². The van der Waals surface area contributed by atoms with Gasteiger partial charge in [-0.3, -0.25) is 19.7 Å². The minimum Gasteiger partial charge on any atom is -0.496 e. The van der Waals surface area contributed by atoms with Gasteiger partial charge in [0.15, 0.2) is 6.29 Å². The van der Waals surface area contributed by atoms with Crippen molar-refractivity contribution in [1.82, 2.24) is 0 Å².